The van der Waals surface area contributed by atoms with Gasteiger partial charge in [-0.1, -0.05) is 31.2 Å². The molecule has 1 aromatic rings. The third kappa shape index (κ3) is 2.83. The summed E-state index contributed by atoms with van der Waals surface area (Å²) in [7, 11) is 2.21. The molecule has 2 unspecified atom stereocenters. The van der Waals surface area contributed by atoms with Gasteiger partial charge < -0.3 is 10.6 Å². The summed E-state index contributed by atoms with van der Waals surface area (Å²) < 4.78 is 0. The van der Waals surface area contributed by atoms with Crippen LogP contribution in [0.3, 0.4) is 0 Å². The summed E-state index contributed by atoms with van der Waals surface area (Å²) in [6.45, 7) is 5.23. The summed E-state index contributed by atoms with van der Waals surface area (Å²) >= 11 is 0. The third-order valence-electron chi connectivity index (χ3n) is 3.60. The van der Waals surface area contributed by atoms with Crippen LogP contribution in [0.4, 0.5) is 0 Å². The van der Waals surface area contributed by atoms with Gasteiger partial charge in [-0.05, 0) is 36.4 Å². The van der Waals surface area contributed by atoms with Gasteiger partial charge in [0, 0.05) is 19.6 Å². The first-order valence-corrected chi connectivity index (χ1v) is 6.16. The number of nitrogens with two attached hydrogens (primary N) is 1. The number of benzene rings is 1. The molecule has 2 atom stereocenters. The second kappa shape index (κ2) is 4.98. The van der Waals surface area contributed by atoms with Crippen LogP contribution < -0.4 is 5.73 Å². The van der Waals surface area contributed by atoms with Crippen molar-refractivity contribution >= 4 is 0 Å². The zero-order valence-corrected chi connectivity index (χ0v) is 10.3. The van der Waals surface area contributed by atoms with Gasteiger partial charge in [-0.3, -0.25) is 0 Å². The maximum Gasteiger partial charge on any atom is 0.0234 e. The maximum atomic E-state index is 5.74. The fourth-order valence-electron chi connectivity index (χ4n) is 2.32. The first kappa shape index (κ1) is 11.6. The van der Waals surface area contributed by atoms with Gasteiger partial charge in [-0.15, -0.1) is 0 Å². The summed E-state index contributed by atoms with van der Waals surface area (Å²) in [5.41, 5.74) is 8.40. The van der Waals surface area contributed by atoms with E-state index in [-0.39, 0.29) is 0 Å². The molecule has 0 bridgehead atoms. The molecule has 0 aliphatic heterocycles. The van der Waals surface area contributed by atoms with Gasteiger partial charge in [0.1, 0.15) is 0 Å². The summed E-state index contributed by atoms with van der Waals surface area (Å²) in [4.78, 5) is 2.42. The number of nitrogens with zero attached hydrogens (tertiary/aromatic N) is 1. The molecule has 0 radical (unpaired) electrons. The largest absolute Gasteiger partial charge is 0.326 e. The molecule has 1 aromatic carbocycles. The van der Waals surface area contributed by atoms with E-state index in [0.717, 1.165) is 18.4 Å². The number of hydrogen-bond acceptors (Lipinski definition) is 2. The van der Waals surface area contributed by atoms with Crippen molar-refractivity contribution in [3.05, 3.63) is 35.4 Å². The normalized spacial score (nSPS) is 23.8. The highest BCUT2D eigenvalue weighted by atomic mass is 15.1. The minimum Gasteiger partial charge on any atom is -0.326 e. The predicted molar refractivity (Wildman–Crippen MR) is 67.9 cm³/mol. The van der Waals surface area contributed by atoms with Gasteiger partial charge in [0.2, 0.25) is 0 Å². The Balaban J connectivity index is 1.92. The third-order valence-corrected chi connectivity index (χ3v) is 3.60. The molecule has 88 valence electrons. The quantitative estimate of drug-likeness (QED) is 0.821. The molecule has 0 aromatic heterocycles. The molecular formula is C14H22N2. The van der Waals surface area contributed by atoms with Crippen molar-refractivity contribution in [2.75, 3.05) is 13.6 Å². The molecule has 1 fully saturated rings. The first-order chi connectivity index (χ1) is 7.70. The Kier molecular flexibility index (Phi) is 3.62. The van der Waals surface area contributed by atoms with E-state index in [1.54, 1.807) is 0 Å². The van der Waals surface area contributed by atoms with E-state index in [1.807, 2.05) is 0 Å². The van der Waals surface area contributed by atoms with Crippen molar-refractivity contribution in [1.82, 2.24) is 4.90 Å². The second-order valence-electron chi connectivity index (χ2n) is 5.14. The highest BCUT2D eigenvalue weighted by Crippen LogP contribution is 2.38. The van der Waals surface area contributed by atoms with Crippen molar-refractivity contribution in [2.45, 2.75) is 26.4 Å². The van der Waals surface area contributed by atoms with Gasteiger partial charge in [0.15, 0.2) is 0 Å². The van der Waals surface area contributed by atoms with Crippen LogP contribution in [-0.4, -0.2) is 18.5 Å². The van der Waals surface area contributed by atoms with Crippen LogP contribution in [0, 0.1) is 11.8 Å². The highest BCUT2D eigenvalue weighted by Gasteiger charge is 2.32. The molecular weight excluding hydrogens is 196 g/mol. The molecule has 2 heteroatoms. The molecule has 2 N–H and O–H groups in total. The Morgan fingerprint density at radius 1 is 1.31 bits per heavy atom. The van der Waals surface area contributed by atoms with Crippen molar-refractivity contribution in [3.8, 4) is 0 Å². The molecule has 0 heterocycles. The van der Waals surface area contributed by atoms with E-state index in [0.29, 0.717) is 6.54 Å². The van der Waals surface area contributed by atoms with Gasteiger partial charge in [0.05, 0.1) is 0 Å². The second-order valence-corrected chi connectivity index (χ2v) is 5.14. The van der Waals surface area contributed by atoms with Crippen LogP contribution >= 0.6 is 0 Å². The Bertz CT molecular complexity index is 348. The SMILES string of the molecule is CC1CC1CN(C)Cc1ccccc1CN. The Morgan fingerprint density at radius 2 is 1.94 bits per heavy atom. The highest BCUT2D eigenvalue weighted by molar-refractivity contribution is 5.26. The van der Waals surface area contributed by atoms with Crippen molar-refractivity contribution in [3.63, 3.8) is 0 Å². The maximum absolute atomic E-state index is 5.74. The molecule has 0 spiro atoms. The molecule has 1 saturated carbocycles. The lowest BCUT2D eigenvalue weighted by Crippen LogP contribution is -2.22. The predicted octanol–water partition coefficient (Wildman–Crippen LogP) is 2.23. The zero-order valence-electron chi connectivity index (χ0n) is 10.3. The Hall–Kier alpha value is -0.860. The monoisotopic (exact) mass is 218 g/mol. The molecule has 1 aliphatic rings. The summed E-state index contributed by atoms with van der Waals surface area (Å²) in [5, 5.41) is 0. The van der Waals surface area contributed by atoms with Gasteiger partial charge >= 0.3 is 0 Å². The minimum absolute atomic E-state index is 0.643. The van der Waals surface area contributed by atoms with Crippen molar-refractivity contribution < 1.29 is 0 Å². The summed E-state index contributed by atoms with van der Waals surface area (Å²) in [5.74, 6) is 1.86. The van der Waals surface area contributed by atoms with Crippen LogP contribution in [0.5, 0.6) is 0 Å². The van der Waals surface area contributed by atoms with E-state index >= 15 is 0 Å². The lowest BCUT2D eigenvalue weighted by Gasteiger charge is -2.18. The Labute approximate surface area is 98.4 Å². The average Bonchev–Trinajstić information content (AvgIpc) is 2.94. The molecule has 1 aliphatic carbocycles. The number of rotatable bonds is 5. The zero-order chi connectivity index (χ0) is 11.5. The first-order valence-electron chi connectivity index (χ1n) is 6.16. The van der Waals surface area contributed by atoms with Gasteiger partial charge in [0.25, 0.3) is 0 Å². The van der Waals surface area contributed by atoms with Gasteiger partial charge in [-0.2, -0.15) is 0 Å². The van der Waals surface area contributed by atoms with Crippen LogP contribution in [0.2, 0.25) is 0 Å². The average molecular weight is 218 g/mol. The molecule has 2 nitrogen and oxygen atoms in total. The van der Waals surface area contributed by atoms with Crippen LogP contribution in [0.15, 0.2) is 24.3 Å². The van der Waals surface area contributed by atoms with Crippen LogP contribution in [0.1, 0.15) is 24.5 Å². The fourth-order valence-corrected chi connectivity index (χ4v) is 2.32. The smallest absolute Gasteiger partial charge is 0.0234 e. The van der Waals surface area contributed by atoms with E-state index in [4.69, 9.17) is 5.73 Å². The van der Waals surface area contributed by atoms with E-state index < -0.39 is 0 Å². The minimum atomic E-state index is 0.643. The van der Waals surface area contributed by atoms with Crippen molar-refractivity contribution in [2.24, 2.45) is 17.6 Å². The molecule has 0 saturated heterocycles. The van der Waals surface area contributed by atoms with Crippen molar-refractivity contribution in [1.29, 1.82) is 0 Å². The molecule has 2 rings (SSSR count). The number of hydrogen-bond donors (Lipinski definition) is 1. The van der Waals surface area contributed by atoms with E-state index in [2.05, 4.69) is 43.1 Å². The van der Waals surface area contributed by atoms with Crippen LogP contribution in [0.25, 0.3) is 0 Å². The lowest BCUT2D eigenvalue weighted by atomic mass is 10.1. The van der Waals surface area contributed by atoms with E-state index in [1.165, 1.54) is 24.1 Å². The summed E-state index contributed by atoms with van der Waals surface area (Å²) in [6, 6.07) is 8.48. The molecule has 16 heavy (non-hydrogen) atoms. The molecule has 0 amide bonds. The standard InChI is InChI=1S/C14H22N2/c1-11-7-14(11)10-16(2)9-13-6-4-3-5-12(13)8-15/h3-6,11,14H,7-10,15H2,1-2H3. The lowest BCUT2D eigenvalue weighted by molar-refractivity contribution is 0.306. The van der Waals surface area contributed by atoms with Gasteiger partial charge in [-0.25, -0.2) is 0 Å². The van der Waals surface area contributed by atoms with E-state index in [9.17, 15) is 0 Å². The topological polar surface area (TPSA) is 29.3 Å². The fraction of sp³-hybridized carbons (Fsp3) is 0.571. The Morgan fingerprint density at radius 3 is 2.50 bits per heavy atom. The summed E-state index contributed by atoms with van der Waals surface area (Å²) in [6.07, 6.45) is 1.41. The van der Waals surface area contributed by atoms with Crippen LogP contribution in [-0.2, 0) is 13.1 Å².